The maximum absolute atomic E-state index is 12.6. The average molecular weight is 333 g/mol. The van der Waals surface area contributed by atoms with E-state index in [1.165, 1.54) is 15.8 Å². The van der Waals surface area contributed by atoms with E-state index in [0.717, 1.165) is 11.9 Å². The minimum absolute atomic E-state index is 0.152. The number of carbonyl (C=O) groups is 2. The number of aromatic amines is 1. The second kappa shape index (κ2) is 6.53. The summed E-state index contributed by atoms with van der Waals surface area (Å²) in [5.41, 5.74) is 2.96. The fourth-order valence-electron chi connectivity index (χ4n) is 3.36. The fraction of sp³-hybridized carbons (Fsp3) is 0.200. The molecule has 1 aliphatic heterocycles. The highest BCUT2D eigenvalue weighted by Crippen LogP contribution is 2.22. The van der Waals surface area contributed by atoms with Gasteiger partial charge in [-0.15, -0.1) is 0 Å². The summed E-state index contributed by atoms with van der Waals surface area (Å²) in [4.78, 5) is 29.3. The zero-order chi connectivity index (χ0) is 17.2. The third kappa shape index (κ3) is 2.94. The Bertz CT molecular complexity index is 917. The first-order valence-corrected chi connectivity index (χ1v) is 8.44. The van der Waals surface area contributed by atoms with Crippen molar-refractivity contribution in [2.75, 3.05) is 11.4 Å². The third-order valence-corrected chi connectivity index (χ3v) is 4.62. The Morgan fingerprint density at radius 2 is 1.80 bits per heavy atom. The highest BCUT2D eigenvalue weighted by Gasteiger charge is 2.38. The molecule has 25 heavy (non-hydrogen) atoms. The lowest BCUT2D eigenvalue weighted by Gasteiger charge is -2.15. The summed E-state index contributed by atoms with van der Waals surface area (Å²) in [6.07, 6.45) is 3.01. The molecule has 1 atom stereocenters. The molecule has 0 unspecified atom stereocenters. The van der Waals surface area contributed by atoms with Crippen molar-refractivity contribution in [3.05, 3.63) is 66.4 Å². The monoisotopic (exact) mass is 333 g/mol. The number of hydrogen-bond acceptors (Lipinski definition) is 3. The number of fused-ring (bicyclic) bond motifs is 1. The summed E-state index contributed by atoms with van der Waals surface area (Å²) in [5.74, 6) is -0.323. The SMILES string of the molecule is O=C1C[C@@H](NCCc2c[nH]c3ccccc23)C(=O)N1c1ccccc1. The van der Waals surface area contributed by atoms with Crippen molar-refractivity contribution in [1.82, 2.24) is 10.3 Å². The van der Waals surface area contributed by atoms with E-state index in [9.17, 15) is 9.59 Å². The number of nitrogens with zero attached hydrogens (tertiary/aromatic N) is 1. The van der Waals surface area contributed by atoms with Crippen LogP contribution in [0, 0.1) is 0 Å². The van der Waals surface area contributed by atoms with Gasteiger partial charge in [0.1, 0.15) is 0 Å². The highest BCUT2D eigenvalue weighted by atomic mass is 16.2. The van der Waals surface area contributed by atoms with E-state index in [-0.39, 0.29) is 18.2 Å². The number of carbonyl (C=O) groups excluding carboxylic acids is 2. The smallest absolute Gasteiger partial charge is 0.251 e. The predicted octanol–water partition coefficient (Wildman–Crippen LogP) is 2.63. The fourth-order valence-corrected chi connectivity index (χ4v) is 3.36. The molecule has 5 heteroatoms. The molecular formula is C20H19N3O2. The van der Waals surface area contributed by atoms with Crippen molar-refractivity contribution in [3.8, 4) is 0 Å². The molecule has 1 fully saturated rings. The minimum atomic E-state index is -0.446. The molecule has 0 radical (unpaired) electrons. The average Bonchev–Trinajstić information content (AvgIpc) is 3.17. The van der Waals surface area contributed by atoms with E-state index in [1.807, 2.05) is 42.6 Å². The van der Waals surface area contributed by atoms with E-state index in [0.29, 0.717) is 12.2 Å². The molecule has 0 spiro atoms. The topological polar surface area (TPSA) is 65.2 Å². The number of rotatable bonds is 5. The first-order valence-electron chi connectivity index (χ1n) is 8.44. The highest BCUT2D eigenvalue weighted by molar-refractivity contribution is 6.22. The normalized spacial score (nSPS) is 17.6. The van der Waals surface area contributed by atoms with Gasteiger partial charge in [-0.25, -0.2) is 4.90 Å². The number of nitrogens with one attached hydrogen (secondary N) is 2. The van der Waals surface area contributed by atoms with Gasteiger partial charge in [-0.05, 0) is 30.2 Å². The molecule has 5 nitrogen and oxygen atoms in total. The molecule has 1 aromatic heterocycles. The Morgan fingerprint density at radius 3 is 2.64 bits per heavy atom. The van der Waals surface area contributed by atoms with Gasteiger partial charge in [0.15, 0.2) is 0 Å². The Kier molecular flexibility index (Phi) is 4.07. The van der Waals surface area contributed by atoms with Gasteiger partial charge in [0.05, 0.1) is 18.2 Å². The van der Waals surface area contributed by atoms with Crippen LogP contribution in [0.5, 0.6) is 0 Å². The molecule has 2 aromatic carbocycles. The van der Waals surface area contributed by atoms with Crippen LogP contribution in [0.15, 0.2) is 60.8 Å². The molecular weight excluding hydrogens is 314 g/mol. The first kappa shape index (κ1) is 15.6. The molecule has 1 aliphatic rings. The van der Waals surface area contributed by atoms with Crippen LogP contribution >= 0.6 is 0 Å². The van der Waals surface area contributed by atoms with Crippen molar-refractivity contribution in [1.29, 1.82) is 0 Å². The quantitative estimate of drug-likeness (QED) is 0.706. The van der Waals surface area contributed by atoms with Crippen LogP contribution in [0.3, 0.4) is 0 Å². The zero-order valence-corrected chi connectivity index (χ0v) is 13.7. The summed E-state index contributed by atoms with van der Waals surface area (Å²) in [6, 6.07) is 16.8. The van der Waals surface area contributed by atoms with Gasteiger partial charge in [0.25, 0.3) is 5.91 Å². The summed E-state index contributed by atoms with van der Waals surface area (Å²) in [6.45, 7) is 0.647. The van der Waals surface area contributed by atoms with Crippen molar-refractivity contribution < 1.29 is 9.59 Å². The third-order valence-electron chi connectivity index (χ3n) is 4.62. The Hall–Kier alpha value is -2.92. The molecule has 1 saturated heterocycles. The molecule has 126 valence electrons. The van der Waals surface area contributed by atoms with Gasteiger partial charge < -0.3 is 10.3 Å². The van der Waals surface area contributed by atoms with Gasteiger partial charge in [0, 0.05) is 23.6 Å². The second-order valence-corrected chi connectivity index (χ2v) is 6.22. The number of hydrogen-bond donors (Lipinski definition) is 2. The maximum Gasteiger partial charge on any atom is 0.251 e. The van der Waals surface area contributed by atoms with Gasteiger partial charge >= 0.3 is 0 Å². The van der Waals surface area contributed by atoms with Crippen molar-refractivity contribution in [2.24, 2.45) is 0 Å². The summed E-state index contributed by atoms with van der Waals surface area (Å²) in [7, 11) is 0. The van der Waals surface area contributed by atoms with Crippen LogP contribution < -0.4 is 10.2 Å². The maximum atomic E-state index is 12.6. The first-order chi connectivity index (χ1) is 12.2. The van der Waals surface area contributed by atoms with Crippen LogP contribution in [0.2, 0.25) is 0 Å². The molecule has 4 rings (SSSR count). The number of aromatic nitrogens is 1. The predicted molar refractivity (Wildman–Crippen MR) is 97.3 cm³/mol. The zero-order valence-electron chi connectivity index (χ0n) is 13.7. The largest absolute Gasteiger partial charge is 0.361 e. The number of benzene rings is 2. The van der Waals surface area contributed by atoms with Crippen molar-refractivity contribution in [2.45, 2.75) is 18.9 Å². The molecule has 2 heterocycles. The summed E-state index contributed by atoms with van der Waals surface area (Å²) in [5, 5.41) is 4.44. The van der Waals surface area contributed by atoms with E-state index < -0.39 is 6.04 Å². The molecule has 0 saturated carbocycles. The van der Waals surface area contributed by atoms with Crippen molar-refractivity contribution in [3.63, 3.8) is 0 Å². The Balaban J connectivity index is 1.40. The van der Waals surface area contributed by atoms with Gasteiger partial charge in [-0.1, -0.05) is 36.4 Å². The lowest BCUT2D eigenvalue weighted by molar-refractivity contribution is -0.121. The lowest BCUT2D eigenvalue weighted by Crippen LogP contribution is -2.39. The van der Waals surface area contributed by atoms with Crippen LogP contribution in [0.4, 0.5) is 5.69 Å². The number of para-hydroxylation sites is 2. The van der Waals surface area contributed by atoms with Crippen LogP contribution in [0.1, 0.15) is 12.0 Å². The summed E-state index contributed by atoms with van der Waals surface area (Å²) >= 11 is 0. The van der Waals surface area contributed by atoms with Crippen molar-refractivity contribution >= 4 is 28.4 Å². The molecule has 0 bridgehead atoms. The van der Waals surface area contributed by atoms with E-state index in [2.05, 4.69) is 16.4 Å². The standard InChI is InChI=1S/C20H19N3O2/c24-19-12-18(20(25)23(19)15-6-2-1-3-7-15)21-11-10-14-13-22-17-9-5-4-8-16(14)17/h1-9,13,18,21-22H,10-12H2/t18-/m1/s1. The van der Waals surface area contributed by atoms with Gasteiger partial charge in [0.2, 0.25) is 5.91 Å². The van der Waals surface area contributed by atoms with Gasteiger partial charge in [-0.3, -0.25) is 9.59 Å². The second-order valence-electron chi connectivity index (χ2n) is 6.22. The van der Waals surface area contributed by atoms with Gasteiger partial charge in [-0.2, -0.15) is 0 Å². The number of imide groups is 1. The van der Waals surface area contributed by atoms with Crippen LogP contribution in [-0.4, -0.2) is 29.4 Å². The Labute approximate surface area is 145 Å². The molecule has 3 aromatic rings. The number of amides is 2. The van der Waals surface area contributed by atoms with E-state index in [4.69, 9.17) is 0 Å². The molecule has 0 aliphatic carbocycles. The van der Waals surface area contributed by atoms with E-state index in [1.54, 1.807) is 12.1 Å². The summed E-state index contributed by atoms with van der Waals surface area (Å²) < 4.78 is 0. The molecule has 2 amide bonds. The number of H-pyrrole nitrogens is 1. The van der Waals surface area contributed by atoms with Crippen LogP contribution in [0.25, 0.3) is 10.9 Å². The minimum Gasteiger partial charge on any atom is -0.361 e. The molecule has 2 N–H and O–H groups in total. The van der Waals surface area contributed by atoms with E-state index >= 15 is 0 Å². The Morgan fingerprint density at radius 1 is 1.04 bits per heavy atom. The lowest BCUT2D eigenvalue weighted by atomic mass is 10.1. The number of anilines is 1. The van der Waals surface area contributed by atoms with Crippen LogP contribution in [-0.2, 0) is 16.0 Å².